The molecule has 2 heterocycles. The van der Waals surface area contributed by atoms with E-state index in [9.17, 15) is 20.2 Å². The van der Waals surface area contributed by atoms with Gasteiger partial charge >= 0.3 is 11.4 Å². The van der Waals surface area contributed by atoms with Gasteiger partial charge in [0.1, 0.15) is 11.4 Å². The van der Waals surface area contributed by atoms with Crippen molar-refractivity contribution in [3.05, 3.63) is 47.3 Å². The molecule has 0 N–H and O–H groups in total. The van der Waals surface area contributed by atoms with Gasteiger partial charge in [0.2, 0.25) is 15.7 Å². The minimum absolute atomic E-state index is 0.0695. The second-order valence-electron chi connectivity index (χ2n) is 4.17. The van der Waals surface area contributed by atoms with Crippen molar-refractivity contribution in [2.75, 3.05) is 7.11 Å². The molecule has 2 aromatic rings. The molecule has 134 valence electrons. The van der Waals surface area contributed by atoms with E-state index in [0.29, 0.717) is 0 Å². The molecule has 0 unspecified atom stereocenters. The first-order chi connectivity index (χ1) is 11.6. The number of halogens is 3. The summed E-state index contributed by atoms with van der Waals surface area (Å²) < 4.78 is 4.69. The van der Waals surface area contributed by atoms with Crippen LogP contribution in [0.25, 0.3) is 0 Å². The molecule has 0 aliphatic carbocycles. The lowest BCUT2D eigenvalue weighted by Gasteiger charge is -2.01. The van der Waals surface area contributed by atoms with Crippen LogP contribution in [0.5, 0.6) is 5.88 Å². The molecule has 2 aromatic heterocycles. The zero-order chi connectivity index (χ0) is 19.3. The van der Waals surface area contributed by atoms with Gasteiger partial charge in [-0.3, -0.25) is 20.2 Å². The zero-order valence-electron chi connectivity index (χ0n) is 12.9. The van der Waals surface area contributed by atoms with Crippen molar-refractivity contribution >= 4 is 46.2 Å². The van der Waals surface area contributed by atoms with Crippen LogP contribution < -0.4 is 4.74 Å². The molecule has 11 nitrogen and oxygen atoms in total. The first-order valence-corrected chi connectivity index (χ1v) is 7.28. The van der Waals surface area contributed by atoms with Gasteiger partial charge in [0, 0.05) is 0 Å². The molecule has 0 saturated heterocycles. The Morgan fingerprint density at radius 1 is 0.840 bits per heavy atom. The molecule has 0 radical (unpaired) electrons. The Bertz CT molecular complexity index is 811. The summed E-state index contributed by atoms with van der Waals surface area (Å²) in [5, 5.41) is 20.5. The topological polar surface area (TPSA) is 147 Å². The van der Waals surface area contributed by atoms with Gasteiger partial charge in [-0.2, -0.15) is 9.97 Å². The lowest BCUT2D eigenvalue weighted by atomic mass is 10.4. The molecular weight excluding hydrogens is 403 g/mol. The molecule has 0 amide bonds. The van der Waals surface area contributed by atoms with Gasteiger partial charge in [-0.1, -0.05) is 11.6 Å². The average molecular weight is 412 g/mol. The van der Waals surface area contributed by atoms with Crippen LogP contribution in [0.2, 0.25) is 15.7 Å². The normalized spacial score (nSPS) is 9.84. The van der Waals surface area contributed by atoms with Crippen molar-refractivity contribution in [2.45, 2.75) is 13.8 Å². The molecule has 0 aliphatic heterocycles. The van der Waals surface area contributed by atoms with E-state index >= 15 is 0 Å². The van der Waals surface area contributed by atoms with E-state index in [1.807, 2.05) is 0 Å². The molecule has 14 heteroatoms. The first-order valence-electron chi connectivity index (χ1n) is 6.15. The van der Waals surface area contributed by atoms with Crippen molar-refractivity contribution in [2.24, 2.45) is 0 Å². The van der Waals surface area contributed by atoms with E-state index in [1.165, 1.54) is 21.0 Å². The Morgan fingerprint density at radius 2 is 1.28 bits per heavy atom. The molecule has 0 aromatic carbocycles. The molecule has 0 saturated carbocycles. The number of methoxy groups -OCH3 is 1. The average Bonchev–Trinajstić information content (AvgIpc) is 2.44. The highest BCUT2D eigenvalue weighted by Crippen LogP contribution is 2.28. The SMILES string of the molecule is COc1nc(Cl)nc(C)c1[N+](=O)[O-].Cc1nc(Cl)nc(Cl)c1[N+](=O)[O-]. The molecule has 0 fully saturated rings. The number of nitrogens with zero attached hydrogens (tertiary/aromatic N) is 6. The Morgan fingerprint density at radius 3 is 1.68 bits per heavy atom. The fourth-order valence-corrected chi connectivity index (χ4v) is 2.31. The van der Waals surface area contributed by atoms with Crippen molar-refractivity contribution in [1.29, 1.82) is 0 Å². The molecule has 2 rings (SSSR count). The molecule has 25 heavy (non-hydrogen) atoms. The molecule has 0 bridgehead atoms. The quantitative estimate of drug-likeness (QED) is 0.321. The summed E-state index contributed by atoms with van der Waals surface area (Å²) >= 11 is 16.3. The Hall–Kier alpha value is -2.37. The second kappa shape index (κ2) is 8.65. The summed E-state index contributed by atoms with van der Waals surface area (Å²) in [6.07, 6.45) is 0. The first kappa shape index (κ1) is 20.7. The standard InChI is InChI=1S/C6H6ClN3O3.C5H3Cl2N3O2/c1-3-4(10(11)12)5(13-2)9-6(7)8-3;1-2-3(10(11)12)4(6)9-5(7)8-2/h1-2H3;1H3. The van der Waals surface area contributed by atoms with Crippen LogP contribution >= 0.6 is 34.8 Å². The van der Waals surface area contributed by atoms with E-state index < -0.39 is 9.85 Å². The monoisotopic (exact) mass is 410 g/mol. The maximum atomic E-state index is 10.5. The second-order valence-corrected chi connectivity index (χ2v) is 5.20. The Kier molecular flexibility index (Phi) is 7.15. The third-order valence-electron chi connectivity index (χ3n) is 2.55. The highest BCUT2D eigenvalue weighted by Gasteiger charge is 2.22. The highest BCUT2D eigenvalue weighted by atomic mass is 35.5. The summed E-state index contributed by atoms with van der Waals surface area (Å²) in [7, 11) is 1.28. The minimum Gasteiger partial charge on any atom is -0.476 e. The Labute approximate surface area is 155 Å². The lowest BCUT2D eigenvalue weighted by Crippen LogP contribution is -2.01. The van der Waals surface area contributed by atoms with Crippen LogP contribution in [0.1, 0.15) is 11.4 Å². The molecular formula is C11H9Cl3N6O5. The van der Waals surface area contributed by atoms with E-state index in [0.717, 1.165) is 0 Å². The van der Waals surface area contributed by atoms with Gasteiger partial charge < -0.3 is 4.74 Å². The van der Waals surface area contributed by atoms with Gasteiger partial charge in [-0.25, -0.2) is 9.97 Å². The van der Waals surface area contributed by atoms with Gasteiger partial charge in [0.25, 0.3) is 5.88 Å². The summed E-state index contributed by atoms with van der Waals surface area (Å²) in [4.78, 5) is 33.8. The third kappa shape index (κ3) is 5.31. The van der Waals surface area contributed by atoms with Crippen molar-refractivity contribution in [3.8, 4) is 5.88 Å². The summed E-state index contributed by atoms with van der Waals surface area (Å²) in [6.45, 7) is 2.91. The van der Waals surface area contributed by atoms with Crippen LogP contribution in [0.3, 0.4) is 0 Å². The number of nitro groups is 2. The fourth-order valence-electron chi connectivity index (χ4n) is 1.57. The van der Waals surface area contributed by atoms with Gasteiger partial charge in [0.15, 0.2) is 0 Å². The van der Waals surface area contributed by atoms with Gasteiger partial charge in [-0.15, -0.1) is 0 Å². The third-order valence-corrected chi connectivity index (χ3v) is 3.15. The van der Waals surface area contributed by atoms with E-state index in [1.54, 1.807) is 0 Å². The minimum atomic E-state index is -0.645. The number of aryl methyl sites for hydroxylation is 2. The van der Waals surface area contributed by atoms with Gasteiger partial charge in [-0.05, 0) is 37.0 Å². The predicted octanol–water partition coefficient (Wildman–Crippen LogP) is 3.36. The van der Waals surface area contributed by atoms with Crippen LogP contribution in [0.15, 0.2) is 0 Å². The fraction of sp³-hybridized carbons (Fsp3) is 0.273. The van der Waals surface area contributed by atoms with E-state index in [2.05, 4.69) is 19.9 Å². The smallest absolute Gasteiger partial charge is 0.351 e. The van der Waals surface area contributed by atoms with E-state index in [-0.39, 0.29) is 44.4 Å². The van der Waals surface area contributed by atoms with Crippen LogP contribution in [-0.4, -0.2) is 36.9 Å². The lowest BCUT2D eigenvalue weighted by molar-refractivity contribution is -0.387. The van der Waals surface area contributed by atoms with Crippen LogP contribution in [-0.2, 0) is 0 Å². The van der Waals surface area contributed by atoms with Crippen molar-refractivity contribution < 1.29 is 14.6 Å². The number of rotatable bonds is 3. The summed E-state index contributed by atoms with van der Waals surface area (Å²) in [5.41, 5.74) is -0.222. The Balaban J connectivity index is 0.000000251. The van der Waals surface area contributed by atoms with Crippen LogP contribution in [0.4, 0.5) is 11.4 Å². The maximum absolute atomic E-state index is 10.5. The summed E-state index contributed by atoms with van der Waals surface area (Å²) in [5.74, 6) is -0.123. The highest BCUT2D eigenvalue weighted by molar-refractivity contribution is 6.33. The number of aromatic nitrogens is 4. The number of hydrogen-bond donors (Lipinski definition) is 0. The van der Waals surface area contributed by atoms with Crippen molar-refractivity contribution in [3.63, 3.8) is 0 Å². The maximum Gasteiger partial charge on any atom is 0.351 e. The summed E-state index contributed by atoms with van der Waals surface area (Å²) in [6, 6.07) is 0. The van der Waals surface area contributed by atoms with Gasteiger partial charge in [0.05, 0.1) is 17.0 Å². The molecule has 0 atom stereocenters. The van der Waals surface area contributed by atoms with E-state index in [4.69, 9.17) is 39.5 Å². The molecule has 0 spiro atoms. The number of hydrogen-bond acceptors (Lipinski definition) is 9. The van der Waals surface area contributed by atoms with Crippen LogP contribution in [0, 0.1) is 34.1 Å². The zero-order valence-corrected chi connectivity index (χ0v) is 15.1. The largest absolute Gasteiger partial charge is 0.476 e. The predicted molar refractivity (Wildman–Crippen MR) is 88.4 cm³/mol. The molecule has 0 aliphatic rings. The van der Waals surface area contributed by atoms with Crippen molar-refractivity contribution in [1.82, 2.24) is 19.9 Å². The number of ether oxygens (including phenoxy) is 1.